The van der Waals surface area contributed by atoms with Gasteiger partial charge in [-0.05, 0) is 62.2 Å². The summed E-state index contributed by atoms with van der Waals surface area (Å²) in [4.78, 5) is 22.9. The van der Waals surface area contributed by atoms with Crippen molar-refractivity contribution >= 4 is 11.9 Å². The van der Waals surface area contributed by atoms with E-state index in [2.05, 4.69) is 49.9 Å². The molecule has 1 saturated carbocycles. The minimum Gasteiger partial charge on any atom is -0.378 e. The summed E-state index contributed by atoms with van der Waals surface area (Å²) in [5.74, 6) is 5.93. The number of anilines is 1. The van der Waals surface area contributed by atoms with Crippen molar-refractivity contribution in [2.45, 2.75) is 63.5 Å². The second-order valence-electron chi connectivity index (χ2n) is 8.96. The van der Waals surface area contributed by atoms with Crippen LogP contribution in [0.1, 0.15) is 73.4 Å². The third kappa shape index (κ3) is 5.03. The van der Waals surface area contributed by atoms with Crippen molar-refractivity contribution in [1.82, 2.24) is 20.3 Å². The normalized spacial score (nSPS) is 20.6. The Morgan fingerprint density at radius 2 is 1.85 bits per heavy atom. The van der Waals surface area contributed by atoms with Gasteiger partial charge in [0.25, 0.3) is 5.91 Å². The van der Waals surface area contributed by atoms with Crippen LogP contribution >= 0.6 is 0 Å². The van der Waals surface area contributed by atoms with E-state index in [-0.39, 0.29) is 5.54 Å². The fourth-order valence-electron chi connectivity index (χ4n) is 4.95. The zero-order valence-electron chi connectivity index (χ0n) is 19.7. The number of piperidine rings is 1. The van der Waals surface area contributed by atoms with Crippen LogP contribution in [0.4, 0.5) is 5.95 Å². The number of nitrogen functional groups attached to an aromatic ring is 1. The lowest BCUT2D eigenvalue weighted by molar-refractivity contribution is -0.0712. The number of amides is 1. The molecule has 1 aliphatic carbocycles. The molecule has 1 aromatic heterocycles. The van der Waals surface area contributed by atoms with E-state index in [4.69, 9.17) is 10.6 Å². The molecule has 33 heavy (non-hydrogen) atoms. The lowest BCUT2D eigenvalue weighted by atomic mass is 9.71. The van der Waals surface area contributed by atoms with Crippen molar-refractivity contribution in [3.05, 3.63) is 53.3 Å². The minimum atomic E-state index is -0.395. The molecule has 5 rings (SSSR count). The Morgan fingerprint density at radius 3 is 2.39 bits per heavy atom. The predicted octanol–water partition coefficient (Wildman–Crippen LogP) is 3.18. The summed E-state index contributed by atoms with van der Waals surface area (Å²) >= 11 is 0. The standard InChI is InChI=1S/C23H30N6O2.C2H6/c24-28-21(30)18-12-25-22(26-13-18)27-23(7-2-8-23)19-4-1-3-17(11-19)16-5-9-29(10-6-16)20-14-31-15-20;1-2/h1,3-4,11-13,16,20H,2,5-10,14-15,24H2,(H,28,30)(H,25,26,27);1-2H3. The highest BCUT2D eigenvalue weighted by Gasteiger charge is 2.40. The van der Waals surface area contributed by atoms with Gasteiger partial charge >= 0.3 is 0 Å². The lowest BCUT2D eigenvalue weighted by Crippen LogP contribution is -2.51. The highest BCUT2D eigenvalue weighted by Crippen LogP contribution is 2.44. The van der Waals surface area contributed by atoms with E-state index in [1.54, 1.807) is 0 Å². The molecule has 1 amide bonds. The van der Waals surface area contributed by atoms with Crippen LogP contribution in [0.3, 0.4) is 0 Å². The molecule has 2 aromatic rings. The van der Waals surface area contributed by atoms with Crippen molar-refractivity contribution in [2.24, 2.45) is 5.84 Å². The summed E-state index contributed by atoms with van der Waals surface area (Å²) in [6.07, 6.45) is 8.67. The Balaban J connectivity index is 0.00000126. The molecule has 8 heteroatoms. The quantitative estimate of drug-likeness (QED) is 0.351. The van der Waals surface area contributed by atoms with Crippen molar-refractivity contribution in [2.75, 3.05) is 31.6 Å². The van der Waals surface area contributed by atoms with Crippen LogP contribution in [0.25, 0.3) is 0 Å². The summed E-state index contributed by atoms with van der Waals surface area (Å²) in [7, 11) is 0. The van der Waals surface area contributed by atoms with Crippen LogP contribution in [0.15, 0.2) is 36.7 Å². The van der Waals surface area contributed by atoms with E-state index < -0.39 is 5.91 Å². The number of carbonyl (C=O) groups is 1. The molecule has 2 saturated heterocycles. The van der Waals surface area contributed by atoms with Crippen molar-refractivity contribution < 1.29 is 9.53 Å². The smallest absolute Gasteiger partial charge is 0.268 e. The fourth-order valence-corrected chi connectivity index (χ4v) is 4.95. The summed E-state index contributed by atoms with van der Waals surface area (Å²) in [6.45, 7) is 8.11. The molecule has 0 spiro atoms. The molecule has 0 radical (unpaired) electrons. The summed E-state index contributed by atoms with van der Waals surface area (Å²) in [5, 5.41) is 3.55. The van der Waals surface area contributed by atoms with E-state index >= 15 is 0 Å². The van der Waals surface area contributed by atoms with Gasteiger partial charge in [0.2, 0.25) is 5.95 Å². The number of nitrogens with two attached hydrogens (primary N) is 1. The third-order valence-electron chi connectivity index (χ3n) is 7.18. The minimum absolute atomic E-state index is 0.141. The van der Waals surface area contributed by atoms with Gasteiger partial charge in [-0.1, -0.05) is 38.1 Å². The molecule has 8 nitrogen and oxygen atoms in total. The Bertz CT molecular complexity index is 919. The van der Waals surface area contributed by atoms with E-state index in [1.807, 2.05) is 13.8 Å². The SMILES string of the molecule is CC.NNC(=O)c1cnc(NC2(c3cccc(C4CCN(C5COC5)CC4)c3)CCC2)nc1. The first kappa shape index (κ1) is 23.6. The number of hydrogen-bond acceptors (Lipinski definition) is 7. The molecule has 2 aliphatic heterocycles. The second kappa shape index (κ2) is 10.6. The first-order chi connectivity index (χ1) is 16.2. The molecule has 0 unspecified atom stereocenters. The molecule has 0 atom stereocenters. The highest BCUT2D eigenvalue weighted by molar-refractivity contribution is 5.93. The summed E-state index contributed by atoms with van der Waals surface area (Å²) in [6, 6.07) is 9.70. The van der Waals surface area contributed by atoms with E-state index in [0.29, 0.717) is 23.5 Å². The first-order valence-electron chi connectivity index (χ1n) is 12.2. The number of aromatic nitrogens is 2. The van der Waals surface area contributed by atoms with Gasteiger partial charge in [-0.2, -0.15) is 0 Å². The largest absolute Gasteiger partial charge is 0.378 e. The fraction of sp³-hybridized carbons (Fsp3) is 0.560. The van der Waals surface area contributed by atoms with Gasteiger partial charge < -0.3 is 10.1 Å². The Labute approximate surface area is 196 Å². The van der Waals surface area contributed by atoms with E-state index in [9.17, 15) is 4.79 Å². The zero-order chi connectivity index (χ0) is 23.3. The van der Waals surface area contributed by atoms with Gasteiger partial charge in [0.1, 0.15) is 0 Å². The maximum absolute atomic E-state index is 11.6. The number of nitrogens with zero attached hydrogens (tertiary/aromatic N) is 3. The number of nitrogens with one attached hydrogen (secondary N) is 2. The predicted molar refractivity (Wildman–Crippen MR) is 129 cm³/mol. The van der Waals surface area contributed by atoms with Crippen LogP contribution in [0, 0.1) is 0 Å². The maximum atomic E-state index is 11.6. The van der Waals surface area contributed by atoms with Gasteiger partial charge in [0.15, 0.2) is 0 Å². The van der Waals surface area contributed by atoms with Crippen LogP contribution in [-0.2, 0) is 10.3 Å². The Morgan fingerprint density at radius 1 is 1.15 bits per heavy atom. The molecule has 4 N–H and O–H groups in total. The van der Waals surface area contributed by atoms with E-state index in [1.165, 1.54) is 42.8 Å². The summed E-state index contributed by atoms with van der Waals surface area (Å²) < 4.78 is 5.36. The number of benzene rings is 1. The molecule has 0 bridgehead atoms. The number of rotatable bonds is 6. The molecular formula is C25H36N6O2. The lowest BCUT2D eigenvalue weighted by Gasteiger charge is -2.44. The highest BCUT2D eigenvalue weighted by atomic mass is 16.5. The van der Waals surface area contributed by atoms with Crippen LogP contribution in [-0.4, -0.2) is 53.1 Å². The Hall–Kier alpha value is -2.55. The first-order valence-corrected chi connectivity index (χ1v) is 12.2. The number of ether oxygens (including phenoxy) is 1. The number of carbonyl (C=O) groups excluding carboxylic acids is 1. The molecule has 1 aromatic carbocycles. The number of likely N-dealkylation sites (tertiary alicyclic amines) is 1. The third-order valence-corrected chi connectivity index (χ3v) is 7.18. The van der Waals surface area contributed by atoms with Crippen LogP contribution in [0.2, 0.25) is 0 Å². The average Bonchev–Trinajstić information content (AvgIpc) is 2.82. The van der Waals surface area contributed by atoms with Crippen molar-refractivity contribution in [3.63, 3.8) is 0 Å². The molecule has 3 aliphatic rings. The Kier molecular flexibility index (Phi) is 7.57. The maximum Gasteiger partial charge on any atom is 0.268 e. The monoisotopic (exact) mass is 452 g/mol. The molecule has 3 fully saturated rings. The van der Waals surface area contributed by atoms with Crippen molar-refractivity contribution in [1.29, 1.82) is 0 Å². The van der Waals surface area contributed by atoms with Gasteiger partial charge in [0.05, 0.1) is 30.4 Å². The van der Waals surface area contributed by atoms with Gasteiger partial charge in [-0.3, -0.25) is 15.1 Å². The average molecular weight is 453 g/mol. The molecule has 178 valence electrons. The van der Waals surface area contributed by atoms with Gasteiger partial charge in [-0.25, -0.2) is 15.8 Å². The van der Waals surface area contributed by atoms with Gasteiger partial charge in [-0.15, -0.1) is 0 Å². The molecular weight excluding hydrogens is 416 g/mol. The molecule has 3 heterocycles. The van der Waals surface area contributed by atoms with Crippen LogP contribution in [0.5, 0.6) is 0 Å². The van der Waals surface area contributed by atoms with E-state index in [0.717, 1.165) is 39.1 Å². The topological polar surface area (TPSA) is 105 Å². The number of hydrogen-bond donors (Lipinski definition) is 3. The number of hydrazine groups is 1. The second-order valence-corrected chi connectivity index (χ2v) is 8.96. The van der Waals surface area contributed by atoms with Gasteiger partial charge in [0, 0.05) is 12.4 Å². The van der Waals surface area contributed by atoms with Crippen molar-refractivity contribution in [3.8, 4) is 0 Å². The zero-order valence-corrected chi connectivity index (χ0v) is 19.7. The van der Waals surface area contributed by atoms with Crippen LogP contribution < -0.4 is 16.6 Å². The summed E-state index contributed by atoms with van der Waals surface area (Å²) in [5.41, 5.74) is 5.05.